The van der Waals surface area contributed by atoms with Crippen LogP contribution in [-0.2, 0) is 7.01 Å². The van der Waals surface area contributed by atoms with Gasteiger partial charge in [-0.25, -0.2) is 8.42 Å². The van der Waals surface area contributed by atoms with E-state index in [0.29, 0.717) is 4.21 Å². The van der Waals surface area contributed by atoms with Gasteiger partial charge in [0.1, 0.15) is 9.96 Å². The van der Waals surface area contributed by atoms with Gasteiger partial charge in [0.2, 0.25) is 7.01 Å². The molecule has 0 atom stereocenters. The number of hydrogen-bond donors (Lipinski definition) is 0. The molecule has 0 unspecified atom stereocenters. The fourth-order valence-corrected chi connectivity index (χ4v) is 4.47. The van der Waals surface area contributed by atoms with E-state index in [2.05, 4.69) is 0 Å². The highest BCUT2D eigenvalue weighted by atomic mass is 127. The van der Waals surface area contributed by atoms with Gasteiger partial charge >= 0.3 is 0 Å². The van der Waals surface area contributed by atoms with Crippen LogP contribution in [0.1, 0.15) is 13.8 Å². The molecule has 19 heavy (non-hydrogen) atoms. The molecule has 6 heteroatoms. The van der Waals surface area contributed by atoms with E-state index in [1.54, 1.807) is 6.07 Å². The van der Waals surface area contributed by atoms with Crippen LogP contribution in [0, 0.1) is 0 Å². The lowest BCUT2D eigenvalue weighted by atomic mass is 10.2. The van der Waals surface area contributed by atoms with Crippen molar-refractivity contribution in [1.82, 2.24) is 0 Å². The van der Waals surface area contributed by atoms with Gasteiger partial charge in [-0.2, -0.15) is 0 Å². The molecular weight excluding hydrogens is 395 g/mol. The lowest BCUT2D eigenvalue weighted by Gasteiger charge is -2.09. The van der Waals surface area contributed by atoms with Gasteiger partial charge < -0.3 is 4.74 Å². The summed E-state index contributed by atoms with van der Waals surface area (Å²) in [6.45, 7) is 3.95. The topological polar surface area (TPSA) is 43.4 Å². The summed E-state index contributed by atoms with van der Waals surface area (Å²) in [5.41, 5.74) is 0.993. The van der Waals surface area contributed by atoms with Crippen LogP contribution in [0.3, 0.4) is 0 Å². The monoisotopic (exact) mass is 408 g/mol. The second-order valence-electron chi connectivity index (χ2n) is 4.25. The lowest BCUT2D eigenvalue weighted by Crippen LogP contribution is -2.04. The SMILES string of the molecule is CC(C)Oc1ccc(-c2ccc(S(=O)(=O)I)s2)cc1. The van der Waals surface area contributed by atoms with Gasteiger partial charge in [-0.15, -0.1) is 11.3 Å². The number of rotatable bonds is 4. The average molecular weight is 408 g/mol. The van der Waals surface area contributed by atoms with Crippen LogP contribution in [0.2, 0.25) is 0 Å². The van der Waals surface area contributed by atoms with Crippen LogP contribution < -0.4 is 4.74 Å². The Morgan fingerprint density at radius 3 is 2.21 bits per heavy atom. The number of thiophene rings is 1. The first-order chi connectivity index (χ1) is 8.86. The summed E-state index contributed by atoms with van der Waals surface area (Å²) in [4.78, 5) is 0.936. The third kappa shape index (κ3) is 3.93. The van der Waals surface area contributed by atoms with Crippen LogP contribution in [0.4, 0.5) is 0 Å². The molecule has 0 saturated carbocycles. The Hall–Kier alpha value is -0.600. The summed E-state index contributed by atoms with van der Waals surface area (Å²) in [5.74, 6) is 0.817. The Labute approximate surface area is 129 Å². The third-order valence-corrected chi connectivity index (χ3v) is 7.11. The summed E-state index contributed by atoms with van der Waals surface area (Å²) in [6, 6.07) is 11.1. The molecule has 3 nitrogen and oxygen atoms in total. The Bertz CT molecular complexity index is 657. The summed E-state index contributed by atoms with van der Waals surface area (Å²) < 4.78 is 28.8. The molecule has 0 amide bonds. The maximum atomic E-state index is 11.4. The molecule has 0 aliphatic heterocycles. The van der Waals surface area contributed by atoms with Crippen molar-refractivity contribution in [2.24, 2.45) is 0 Å². The minimum atomic E-state index is -3.15. The normalized spacial score (nSPS) is 11.8. The second kappa shape index (κ2) is 5.80. The molecule has 0 spiro atoms. The van der Waals surface area contributed by atoms with Gasteiger partial charge in [-0.1, -0.05) is 0 Å². The Kier molecular flexibility index (Phi) is 4.52. The van der Waals surface area contributed by atoms with E-state index in [4.69, 9.17) is 4.74 Å². The highest BCUT2D eigenvalue weighted by molar-refractivity contribution is 14.2. The van der Waals surface area contributed by atoms with E-state index in [1.165, 1.54) is 32.5 Å². The zero-order valence-corrected chi connectivity index (χ0v) is 14.3. The van der Waals surface area contributed by atoms with Gasteiger partial charge in [0.25, 0.3) is 0 Å². The van der Waals surface area contributed by atoms with Crippen LogP contribution >= 0.6 is 32.5 Å². The molecule has 2 rings (SSSR count). The van der Waals surface area contributed by atoms with E-state index >= 15 is 0 Å². The molecule has 0 radical (unpaired) electrons. The predicted molar refractivity (Wildman–Crippen MR) is 86.7 cm³/mol. The first-order valence-electron chi connectivity index (χ1n) is 5.68. The quantitative estimate of drug-likeness (QED) is 0.559. The summed E-state index contributed by atoms with van der Waals surface area (Å²) in [5, 5.41) is 0. The maximum absolute atomic E-state index is 11.4. The van der Waals surface area contributed by atoms with Crippen molar-refractivity contribution in [3.63, 3.8) is 0 Å². The highest BCUT2D eigenvalue weighted by Crippen LogP contribution is 2.33. The molecule has 0 aliphatic rings. The van der Waals surface area contributed by atoms with Crippen molar-refractivity contribution < 1.29 is 13.2 Å². The molecule has 1 aromatic heterocycles. The Balaban J connectivity index is 2.25. The lowest BCUT2D eigenvalue weighted by molar-refractivity contribution is 0.242. The molecule has 0 N–H and O–H groups in total. The van der Waals surface area contributed by atoms with Gasteiger partial charge in [-0.05, 0) is 55.8 Å². The van der Waals surface area contributed by atoms with E-state index in [9.17, 15) is 8.42 Å². The first kappa shape index (κ1) is 14.8. The molecule has 0 fully saturated rings. The predicted octanol–water partition coefficient (Wildman–Crippen LogP) is 4.33. The van der Waals surface area contributed by atoms with E-state index in [-0.39, 0.29) is 6.10 Å². The molecule has 1 aromatic carbocycles. The van der Waals surface area contributed by atoms with Crippen molar-refractivity contribution in [2.45, 2.75) is 24.2 Å². The summed E-state index contributed by atoms with van der Waals surface area (Å²) in [6.07, 6.45) is 0.142. The molecule has 0 aliphatic carbocycles. The molecule has 0 saturated heterocycles. The molecule has 1 heterocycles. The van der Waals surface area contributed by atoms with Crippen LogP contribution in [0.25, 0.3) is 10.4 Å². The maximum Gasteiger partial charge on any atom is 0.240 e. The minimum Gasteiger partial charge on any atom is -0.491 e. The Morgan fingerprint density at radius 2 is 1.74 bits per heavy atom. The van der Waals surface area contributed by atoms with Gasteiger partial charge in [-0.3, -0.25) is 0 Å². The van der Waals surface area contributed by atoms with E-state index < -0.39 is 7.01 Å². The minimum absolute atomic E-state index is 0.142. The summed E-state index contributed by atoms with van der Waals surface area (Å²) >= 11 is 2.73. The molecule has 102 valence electrons. The standard InChI is InChI=1S/C13H13IO3S2/c1-9(2)17-11-5-3-10(4-6-11)12-7-8-13(18-12)19(14,15)16/h3-9H,1-2H3. The smallest absolute Gasteiger partial charge is 0.240 e. The first-order valence-corrected chi connectivity index (χ1v) is 10.5. The van der Waals surface area contributed by atoms with E-state index in [1.807, 2.05) is 44.2 Å². The highest BCUT2D eigenvalue weighted by Gasteiger charge is 2.13. The van der Waals surface area contributed by atoms with Gasteiger partial charge in [0, 0.05) is 4.88 Å². The van der Waals surface area contributed by atoms with Crippen molar-refractivity contribution in [1.29, 1.82) is 0 Å². The Morgan fingerprint density at radius 1 is 1.11 bits per heavy atom. The van der Waals surface area contributed by atoms with Crippen LogP contribution in [-0.4, -0.2) is 14.5 Å². The second-order valence-corrected chi connectivity index (χ2v) is 10.4. The molecule has 2 aromatic rings. The van der Waals surface area contributed by atoms with Gasteiger partial charge in [0.05, 0.1) is 27.3 Å². The fourth-order valence-electron chi connectivity index (χ4n) is 1.58. The zero-order valence-electron chi connectivity index (χ0n) is 10.5. The number of ether oxygens (including phenoxy) is 1. The average Bonchev–Trinajstić information content (AvgIpc) is 2.78. The van der Waals surface area contributed by atoms with Crippen LogP contribution in [0.5, 0.6) is 5.75 Å². The zero-order chi connectivity index (χ0) is 14.0. The number of hydrogen-bond acceptors (Lipinski definition) is 4. The number of benzene rings is 1. The number of halogens is 1. The largest absolute Gasteiger partial charge is 0.491 e. The van der Waals surface area contributed by atoms with Gasteiger partial charge in [0.15, 0.2) is 0 Å². The fraction of sp³-hybridized carbons (Fsp3) is 0.231. The molecule has 0 bridgehead atoms. The van der Waals surface area contributed by atoms with Crippen molar-refractivity contribution >= 4 is 39.6 Å². The van der Waals surface area contributed by atoms with Crippen molar-refractivity contribution in [2.75, 3.05) is 0 Å². The van der Waals surface area contributed by atoms with Crippen molar-refractivity contribution in [3.05, 3.63) is 36.4 Å². The summed E-state index contributed by atoms with van der Waals surface area (Å²) in [7, 11) is -3.15. The van der Waals surface area contributed by atoms with Crippen molar-refractivity contribution in [3.8, 4) is 16.2 Å². The van der Waals surface area contributed by atoms with Crippen LogP contribution in [0.15, 0.2) is 40.6 Å². The third-order valence-electron chi connectivity index (χ3n) is 2.33. The van der Waals surface area contributed by atoms with E-state index in [0.717, 1.165) is 16.2 Å². The molecular formula is C13H13IO3S2.